The molecule has 1 fully saturated rings. The highest BCUT2D eigenvalue weighted by Crippen LogP contribution is 2.47. The predicted octanol–water partition coefficient (Wildman–Crippen LogP) is 3.87. The summed E-state index contributed by atoms with van der Waals surface area (Å²) in [7, 11) is 1.58. The fourth-order valence-corrected chi connectivity index (χ4v) is 4.31. The summed E-state index contributed by atoms with van der Waals surface area (Å²) < 4.78 is 43.3. The Balaban J connectivity index is 2.10. The first-order valence-electron chi connectivity index (χ1n) is 9.37. The second-order valence-electron chi connectivity index (χ2n) is 8.77. The zero-order chi connectivity index (χ0) is 21.0. The van der Waals surface area contributed by atoms with Gasteiger partial charge in [0.15, 0.2) is 0 Å². The Bertz CT molecular complexity index is 961. The van der Waals surface area contributed by atoms with Crippen LogP contribution in [0.2, 0.25) is 0 Å². The highest BCUT2D eigenvalue weighted by molar-refractivity contribution is 7.90. The van der Waals surface area contributed by atoms with Gasteiger partial charge in [-0.05, 0) is 46.2 Å². The van der Waals surface area contributed by atoms with Crippen molar-refractivity contribution in [1.82, 2.24) is 14.3 Å². The van der Waals surface area contributed by atoms with Crippen LogP contribution in [0.3, 0.4) is 0 Å². The number of nitrogens with zero attached hydrogens (tertiary/aromatic N) is 2. The lowest BCUT2D eigenvalue weighted by atomic mass is 9.80. The lowest BCUT2D eigenvalue weighted by molar-refractivity contribution is -0.0891. The summed E-state index contributed by atoms with van der Waals surface area (Å²) in [5.41, 5.74) is 1.88. The van der Waals surface area contributed by atoms with E-state index in [0.717, 1.165) is 11.1 Å². The van der Waals surface area contributed by atoms with Crippen molar-refractivity contribution in [3.8, 4) is 0 Å². The summed E-state index contributed by atoms with van der Waals surface area (Å²) in [6.45, 7) is 9.38. The van der Waals surface area contributed by atoms with Crippen molar-refractivity contribution in [2.24, 2.45) is 7.05 Å². The van der Waals surface area contributed by atoms with E-state index in [1.54, 1.807) is 13.1 Å². The van der Waals surface area contributed by atoms with Gasteiger partial charge in [0.1, 0.15) is 10.6 Å². The van der Waals surface area contributed by atoms with Crippen molar-refractivity contribution in [2.75, 3.05) is 0 Å². The van der Waals surface area contributed by atoms with E-state index in [4.69, 9.17) is 0 Å². The van der Waals surface area contributed by atoms with Crippen LogP contribution in [0.15, 0.2) is 16.9 Å². The molecule has 2 atom stereocenters. The molecule has 5 nitrogen and oxygen atoms in total. The third-order valence-electron chi connectivity index (χ3n) is 5.15. The van der Waals surface area contributed by atoms with E-state index in [2.05, 4.69) is 9.71 Å². The summed E-state index contributed by atoms with van der Waals surface area (Å²) in [5.74, 6) is -2.73. The summed E-state index contributed by atoms with van der Waals surface area (Å²) >= 11 is -1.30. The summed E-state index contributed by atoms with van der Waals surface area (Å²) in [6, 6.07) is 3.35. The van der Waals surface area contributed by atoms with Crippen LogP contribution in [-0.4, -0.2) is 24.8 Å². The first kappa shape index (κ1) is 21.2. The van der Waals surface area contributed by atoms with Gasteiger partial charge in [0.25, 0.3) is 5.56 Å². The standard InChI is InChI=1S/C20H27F2N3O2S/c1-11-7-14(12(2)24-28(27)19(3,4)5)16-15(8-11)18(26)25(6)17(23-16)13-9-20(21,22)10-13/h7-8,12-13,24H,9-10H2,1-6H3/t12?,28-/m1/s1. The van der Waals surface area contributed by atoms with Gasteiger partial charge < -0.3 is 4.55 Å². The predicted molar refractivity (Wildman–Crippen MR) is 108 cm³/mol. The number of benzene rings is 1. The second-order valence-corrected chi connectivity index (χ2v) is 10.8. The van der Waals surface area contributed by atoms with E-state index in [9.17, 15) is 18.1 Å². The highest BCUT2D eigenvalue weighted by atomic mass is 32.2. The van der Waals surface area contributed by atoms with Crippen molar-refractivity contribution < 1.29 is 13.3 Å². The first-order chi connectivity index (χ1) is 12.8. The molecule has 1 saturated carbocycles. The van der Waals surface area contributed by atoms with Crippen molar-refractivity contribution in [2.45, 2.75) is 70.1 Å². The van der Waals surface area contributed by atoms with Crippen LogP contribution in [0.1, 0.15) is 69.4 Å². The lowest BCUT2D eigenvalue weighted by Gasteiger charge is -2.35. The molecule has 0 bridgehead atoms. The molecular weight excluding hydrogens is 384 g/mol. The Morgan fingerprint density at radius 2 is 1.96 bits per heavy atom. The monoisotopic (exact) mass is 411 g/mol. The van der Waals surface area contributed by atoms with Crippen LogP contribution in [0.25, 0.3) is 10.9 Å². The van der Waals surface area contributed by atoms with Crippen LogP contribution in [0, 0.1) is 6.92 Å². The molecule has 0 saturated heterocycles. The van der Waals surface area contributed by atoms with Gasteiger partial charge in [-0.2, -0.15) is 0 Å². The third-order valence-corrected chi connectivity index (χ3v) is 6.83. The maximum atomic E-state index is 13.4. The number of aryl methyl sites for hydroxylation is 1. The number of alkyl halides is 2. The quantitative estimate of drug-likeness (QED) is 0.776. The molecule has 3 rings (SSSR count). The van der Waals surface area contributed by atoms with Crippen molar-refractivity contribution in [3.05, 3.63) is 39.4 Å². The zero-order valence-electron chi connectivity index (χ0n) is 17.1. The van der Waals surface area contributed by atoms with Crippen molar-refractivity contribution in [3.63, 3.8) is 0 Å². The minimum Gasteiger partial charge on any atom is -0.598 e. The number of nitrogens with one attached hydrogen (secondary N) is 1. The molecule has 1 heterocycles. The van der Waals surface area contributed by atoms with Gasteiger partial charge in [0.05, 0.1) is 16.9 Å². The van der Waals surface area contributed by atoms with E-state index >= 15 is 0 Å². The van der Waals surface area contributed by atoms with Crippen LogP contribution in [0.5, 0.6) is 0 Å². The topological polar surface area (TPSA) is 70.0 Å². The van der Waals surface area contributed by atoms with Gasteiger partial charge in [0, 0.05) is 42.7 Å². The number of hydrogen-bond acceptors (Lipinski definition) is 4. The summed E-state index contributed by atoms with van der Waals surface area (Å²) in [4.78, 5) is 17.6. The van der Waals surface area contributed by atoms with Gasteiger partial charge in [-0.3, -0.25) is 9.36 Å². The molecule has 28 heavy (non-hydrogen) atoms. The fraction of sp³-hybridized carbons (Fsp3) is 0.600. The SMILES string of the molecule is Cc1cc(C(C)N[S@+]([O-])C(C)(C)C)c2nc(C3CC(F)(F)C3)n(C)c(=O)c2c1. The number of halogens is 2. The van der Waals surface area contributed by atoms with Crippen molar-refractivity contribution in [1.29, 1.82) is 0 Å². The van der Waals surface area contributed by atoms with Crippen LogP contribution in [0.4, 0.5) is 8.78 Å². The maximum Gasteiger partial charge on any atom is 0.261 e. The summed E-state index contributed by atoms with van der Waals surface area (Å²) in [6.07, 6.45) is -0.580. The van der Waals surface area contributed by atoms with Crippen LogP contribution >= 0.6 is 0 Å². The molecule has 154 valence electrons. The maximum absolute atomic E-state index is 13.4. The Kier molecular flexibility index (Phi) is 5.36. The Hall–Kier alpha value is -1.51. The van der Waals surface area contributed by atoms with Gasteiger partial charge >= 0.3 is 0 Å². The Labute approximate surface area is 166 Å². The molecule has 0 amide bonds. The molecule has 0 radical (unpaired) electrons. The lowest BCUT2D eigenvalue weighted by Crippen LogP contribution is -2.41. The van der Waals surface area contributed by atoms with E-state index in [-0.39, 0.29) is 24.4 Å². The highest BCUT2D eigenvalue weighted by Gasteiger charge is 2.47. The van der Waals surface area contributed by atoms with E-state index in [1.165, 1.54) is 4.57 Å². The average molecular weight is 412 g/mol. The minimum absolute atomic E-state index is 0.246. The zero-order valence-corrected chi connectivity index (χ0v) is 17.9. The molecule has 1 aliphatic carbocycles. The summed E-state index contributed by atoms with van der Waals surface area (Å²) in [5, 5.41) is 0.447. The van der Waals surface area contributed by atoms with E-state index in [0.29, 0.717) is 16.7 Å². The normalized spacial score (nSPS) is 19.5. The molecule has 2 aromatic rings. The largest absolute Gasteiger partial charge is 0.598 e. The molecule has 1 aliphatic rings. The molecule has 1 aromatic carbocycles. The molecule has 1 unspecified atom stereocenters. The average Bonchev–Trinajstić information content (AvgIpc) is 2.54. The Morgan fingerprint density at radius 3 is 2.50 bits per heavy atom. The van der Waals surface area contributed by atoms with E-state index in [1.807, 2.05) is 40.7 Å². The number of rotatable bonds is 4. The van der Waals surface area contributed by atoms with Gasteiger partial charge in [-0.25, -0.2) is 13.8 Å². The molecule has 0 spiro atoms. The molecule has 1 aromatic heterocycles. The smallest absolute Gasteiger partial charge is 0.261 e. The second kappa shape index (κ2) is 7.07. The molecule has 8 heteroatoms. The van der Waals surface area contributed by atoms with Gasteiger partial charge in [0.2, 0.25) is 5.92 Å². The third kappa shape index (κ3) is 3.95. The van der Waals surface area contributed by atoms with Crippen LogP contribution in [-0.2, 0) is 18.4 Å². The number of fused-ring (bicyclic) bond motifs is 1. The van der Waals surface area contributed by atoms with Crippen LogP contribution < -0.4 is 10.3 Å². The van der Waals surface area contributed by atoms with E-state index < -0.39 is 27.9 Å². The fourth-order valence-electron chi connectivity index (χ4n) is 3.51. The molecular formula is C20H27F2N3O2S. The molecule has 0 aliphatic heterocycles. The number of aromatic nitrogens is 2. The van der Waals surface area contributed by atoms with Gasteiger partial charge in [-0.15, -0.1) is 4.72 Å². The van der Waals surface area contributed by atoms with Crippen molar-refractivity contribution >= 4 is 22.3 Å². The molecule has 1 N–H and O–H groups in total. The Morgan fingerprint density at radius 1 is 1.36 bits per heavy atom. The van der Waals surface area contributed by atoms with Gasteiger partial charge in [-0.1, -0.05) is 6.07 Å². The number of hydrogen-bond donors (Lipinski definition) is 1. The first-order valence-corrected chi connectivity index (χ1v) is 10.5. The minimum atomic E-state index is -2.69.